The van der Waals surface area contributed by atoms with E-state index in [-0.39, 0.29) is 11.9 Å². The third-order valence-corrected chi connectivity index (χ3v) is 6.31. The largest absolute Gasteiger partial charge is 0.497 e. The molecule has 2 aromatic carbocycles. The van der Waals surface area contributed by atoms with E-state index in [4.69, 9.17) is 4.74 Å². The van der Waals surface area contributed by atoms with E-state index in [0.29, 0.717) is 18.5 Å². The number of rotatable bonds is 8. The van der Waals surface area contributed by atoms with Crippen LogP contribution in [0.25, 0.3) is 0 Å². The second kappa shape index (κ2) is 10.6. The average molecular weight is 410 g/mol. The summed E-state index contributed by atoms with van der Waals surface area (Å²) in [6, 6.07) is 18.4. The minimum atomic E-state index is -0.267. The number of hydrogen-bond donors (Lipinski definition) is 1. The number of likely N-dealkylation sites (N-methyl/N-ethyl adjacent to an activating group) is 1. The van der Waals surface area contributed by atoms with Gasteiger partial charge in [-0.1, -0.05) is 49.4 Å². The molecule has 3 rings (SSSR count). The molecule has 5 nitrogen and oxygen atoms in total. The molecule has 0 spiro atoms. The van der Waals surface area contributed by atoms with E-state index in [1.54, 1.807) is 7.11 Å². The molecule has 0 bridgehead atoms. The van der Waals surface area contributed by atoms with Crippen LogP contribution >= 0.6 is 0 Å². The highest BCUT2D eigenvalue weighted by molar-refractivity contribution is 5.83. The van der Waals surface area contributed by atoms with Crippen molar-refractivity contribution in [3.63, 3.8) is 0 Å². The van der Waals surface area contributed by atoms with Crippen LogP contribution in [-0.2, 0) is 4.79 Å². The molecule has 2 aromatic rings. The van der Waals surface area contributed by atoms with E-state index >= 15 is 0 Å². The Morgan fingerprint density at radius 1 is 1.20 bits per heavy atom. The van der Waals surface area contributed by atoms with Crippen molar-refractivity contribution >= 4 is 5.91 Å². The molecule has 0 aromatic heterocycles. The minimum absolute atomic E-state index is 0.0762. The van der Waals surface area contributed by atoms with Crippen molar-refractivity contribution in [2.45, 2.75) is 31.8 Å². The van der Waals surface area contributed by atoms with Crippen molar-refractivity contribution in [3.05, 3.63) is 65.7 Å². The Morgan fingerprint density at radius 2 is 1.90 bits per heavy atom. The number of nitrogens with zero attached hydrogens (tertiary/aromatic N) is 2. The molecule has 1 fully saturated rings. The molecule has 1 aliphatic heterocycles. The van der Waals surface area contributed by atoms with E-state index in [0.717, 1.165) is 37.2 Å². The molecule has 1 heterocycles. The first-order valence-electron chi connectivity index (χ1n) is 10.9. The van der Waals surface area contributed by atoms with E-state index < -0.39 is 0 Å². The van der Waals surface area contributed by atoms with Gasteiger partial charge in [0.15, 0.2) is 0 Å². The van der Waals surface area contributed by atoms with Gasteiger partial charge in [0, 0.05) is 12.6 Å². The second-order valence-electron chi connectivity index (χ2n) is 8.23. The Labute approximate surface area is 181 Å². The summed E-state index contributed by atoms with van der Waals surface area (Å²) < 4.78 is 5.32. The fraction of sp³-hybridized carbons (Fsp3) is 0.480. The van der Waals surface area contributed by atoms with Crippen LogP contribution in [0.3, 0.4) is 0 Å². The summed E-state index contributed by atoms with van der Waals surface area (Å²) in [5.41, 5.74) is 2.31. The highest BCUT2D eigenvalue weighted by atomic mass is 16.5. The number of likely N-dealkylation sites (tertiary alicyclic amines) is 1. The van der Waals surface area contributed by atoms with Crippen LogP contribution in [0.2, 0.25) is 0 Å². The lowest BCUT2D eigenvalue weighted by Gasteiger charge is -2.40. The quantitative estimate of drug-likeness (QED) is 0.719. The number of carbonyl (C=O) groups is 1. The van der Waals surface area contributed by atoms with Gasteiger partial charge in [-0.05, 0) is 69.2 Å². The van der Waals surface area contributed by atoms with Crippen molar-refractivity contribution in [2.75, 3.05) is 40.8 Å². The maximum Gasteiger partial charge on any atom is 0.241 e. The van der Waals surface area contributed by atoms with Crippen LogP contribution in [-0.4, -0.2) is 56.5 Å². The smallest absolute Gasteiger partial charge is 0.241 e. The average Bonchev–Trinajstić information content (AvgIpc) is 2.78. The Kier molecular flexibility index (Phi) is 7.88. The molecule has 5 heteroatoms. The van der Waals surface area contributed by atoms with E-state index in [2.05, 4.69) is 41.2 Å². The zero-order valence-corrected chi connectivity index (χ0v) is 18.7. The van der Waals surface area contributed by atoms with Gasteiger partial charge < -0.3 is 10.1 Å². The third-order valence-electron chi connectivity index (χ3n) is 6.31. The number of methoxy groups -OCH3 is 1. The summed E-state index contributed by atoms with van der Waals surface area (Å²) in [5, 5.41) is 3.28. The third kappa shape index (κ3) is 5.21. The van der Waals surface area contributed by atoms with Crippen LogP contribution in [0.4, 0.5) is 0 Å². The van der Waals surface area contributed by atoms with Crippen LogP contribution < -0.4 is 10.1 Å². The van der Waals surface area contributed by atoms with Crippen molar-refractivity contribution in [1.29, 1.82) is 0 Å². The molecule has 0 aliphatic carbocycles. The van der Waals surface area contributed by atoms with Crippen LogP contribution in [0.5, 0.6) is 5.75 Å². The maximum atomic E-state index is 13.2. The molecule has 162 valence electrons. The summed E-state index contributed by atoms with van der Waals surface area (Å²) in [4.78, 5) is 17.7. The topological polar surface area (TPSA) is 44.8 Å². The summed E-state index contributed by atoms with van der Waals surface area (Å²) in [6.45, 7) is 4.65. The van der Waals surface area contributed by atoms with Crippen LogP contribution in [0.1, 0.15) is 43.0 Å². The maximum absolute atomic E-state index is 13.2. The van der Waals surface area contributed by atoms with Gasteiger partial charge in [0.2, 0.25) is 5.91 Å². The Morgan fingerprint density at radius 3 is 2.53 bits per heavy atom. The van der Waals surface area contributed by atoms with Gasteiger partial charge >= 0.3 is 0 Å². The van der Waals surface area contributed by atoms with E-state index in [1.807, 2.05) is 49.5 Å². The Bertz CT molecular complexity index is 794. The first-order valence-corrected chi connectivity index (χ1v) is 10.9. The molecule has 1 N–H and O–H groups in total. The van der Waals surface area contributed by atoms with Crippen molar-refractivity contribution in [3.8, 4) is 5.75 Å². The van der Waals surface area contributed by atoms with E-state index in [9.17, 15) is 4.79 Å². The molecule has 0 radical (unpaired) electrons. The molecule has 30 heavy (non-hydrogen) atoms. The van der Waals surface area contributed by atoms with Crippen molar-refractivity contribution in [2.24, 2.45) is 5.92 Å². The predicted molar refractivity (Wildman–Crippen MR) is 122 cm³/mol. The number of hydrogen-bond acceptors (Lipinski definition) is 4. The molecule has 0 saturated carbocycles. The summed E-state index contributed by atoms with van der Waals surface area (Å²) in [6.07, 6.45) is 2.27. The number of piperidine rings is 1. The number of ether oxygens (including phenoxy) is 1. The van der Waals surface area contributed by atoms with Crippen molar-refractivity contribution in [1.82, 2.24) is 15.1 Å². The molecule has 3 atom stereocenters. The summed E-state index contributed by atoms with van der Waals surface area (Å²) >= 11 is 0. The van der Waals surface area contributed by atoms with Gasteiger partial charge in [0.1, 0.15) is 11.8 Å². The fourth-order valence-electron chi connectivity index (χ4n) is 4.55. The lowest BCUT2D eigenvalue weighted by Crippen LogP contribution is -2.44. The highest BCUT2D eigenvalue weighted by Gasteiger charge is 2.32. The van der Waals surface area contributed by atoms with Gasteiger partial charge in [-0.15, -0.1) is 0 Å². The molecular formula is C25H35N3O2. The first kappa shape index (κ1) is 22.3. The van der Waals surface area contributed by atoms with Crippen LogP contribution in [0.15, 0.2) is 54.6 Å². The first-order chi connectivity index (χ1) is 14.5. The lowest BCUT2D eigenvalue weighted by molar-refractivity contribution is -0.126. The second-order valence-corrected chi connectivity index (χ2v) is 8.23. The SMILES string of the molecule is CCN(C)C(C(=O)NCC1CCCN(C)C1c1ccc(OC)cc1)c1ccccc1. The van der Waals surface area contributed by atoms with Gasteiger partial charge in [0.25, 0.3) is 0 Å². The predicted octanol–water partition coefficient (Wildman–Crippen LogP) is 3.89. The Hall–Kier alpha value is -2.37. The zero-order chi connectivity index (χ0) is 21.5. The lowest BCUT2D eigenvalue weighted by atomic mass is 9.84. The molecular weight excluding hydrogens is 374 g/mol. The minimum Gasteiger partial charge on any atom is -0.497 e. The van der Waals surface area contributed by atoms with Gasteiger partial charge in [-0.3, -0.25) is 14.6 Å². The van der Waals surface area contributed by atoms with Gasteiger partial charge in [-0.25, -0.2) is 0 Å². The summed E-state index contributed by atoms with van der Waals surface area (Å²) in [5.74, 6) is 1.33. The molecule has 3 unspecified atom stereocenters. The Balaban J connectivity index is 1.73. The molecule has 1 saturated heterocycles. The fourth-order valence-corrected chi connectivity index (χ4v) is 4.55. The highest BCUT2D eigenvalue weighted by Crippen LogP contribution is 2.35. The number of amides is 1. The van der Waals surface area contributed by atoms with E-state index in [1.165, 1.54) is 5.56 Å². The monoisotopic (exact) mass is 409 g/mol. The molecule has 1 amide bonds. The number of nitrogens with one attached hydrogen (secondary N) is 1. The molecule has 1 aliphatic rings. The van der Waals surface area contributed by atoms with Crippen molar-refractivity contribution < 1.29 is 9.53 Å². The zero-order valence-electron chi connectivity index (χ0n) is 18.7. The number of benzene rings is 2. The number of carbonyl (C=O) groups excluding carboxylic acids is 1. The normalized spacial score (nSPS) is 20.7. The summed E-state index contributed by atoms with van der Waals surface area (Å²) in [7, 11) is 5.88. The van der Waals surface area contributed by atoms with Gasteiger partial charge in [-0.2, -0.15) is 0 Å². The van der Waals surface area contributed by atoms with Crippen LogP contribution in [0, 0.1) is 5.92 Å². The standard InChI is InChI=1S/C25H35N3O2/c1-5-27(2)24(19-10-7-6-8-11-19)25(29)26-18-21-12-9-17-28(3)23(21)20-13-15-22(30-4)16-14-20/h6-8,10-11,13-16,21,23-24H,5,9,12,17-18H2,1-4H3,(H,26,29). The van der Waals surface area contributed by atoms with Gasteiger partial charge in [0.05, 0.1) is 7.11 Å².